The Morgan fingerprint density at radius 1 is 1.37 bits per heavy atom. The van der Waals surface area contributed by atoms with E-state index in [-0.39, 0.29) is 18.9 Å². The molecule has 0 radical (unpaired) electrons. The minimum absolute atomic E-state index is 0.124. The lowest BCUT2D eigenvalue weighted by Gasteiger charge is -2.12. The molecule has 19 heavy (non-hydrogen) atoms. The number of methoxy groups -OCH3 is 1. The van der Waals surface area contributed by atoms with Crippen molar-refractivity contribution in [3.8, 4) is 0 Å². The minimum Gasteiger partial charge on any atom is -0.480 e. The first-order chi connectivity index (χ1) is 8.93. The second-order valence-electron chi connectivity index (χ2n) is 4.21. The second-order valence-corrected chi connectivity index (χ2v) is 4.21. The van der Waals surface area contributed by atoms with Crippen LogP contribution in [0.1, 0.15) is 16.7 Å². The Hall–Kier alpha value is -2.08. The molecule has 1 aromatic carbocycles. The molecular formula is C13H18N2O4. The molecule has 0 heterocycles. The van der Waals surface area contributed by atoms with E-state index < -0.39 is 5.97 Å². The third-order valence-corrected chi connectivity index (χ3v) is 2.80. The topological polar surface area (TPSA) is 102 Å². The van der Waals surface area contributed by atoms with Crippen molar-refractivity contribution in [2.24, 2.45) is 0 Å². The van der Waals surface area contributed by atoms with Crippen LogP contribution < -0.4 is 11.1 Å². The zero-order chi connectivity index (χ0) is 14.4. The first-order valence-electron chi connectivity index (χ1n) is 5.81. The molecule has 0 aliphatic heterocycles. The van der Waals surface area contributed by atoms with Crippen LogP contribution in [-0.2, 0) is 27.3 Å². The zero-order valence-corrected chi connectivity index (χ0v) is 11.0. The first-order valence-corrected chi connectivity index (χ1v) is 5.81. The van der Waals surface area contributed by atoms with Crippen molar-refractivity contribution in [3.63, 3.8) is 0 Å². The predicted octanol–water partition coefficient (Wildman–Crippen LogP) is 0.467. The van der Waals surface area contributed by atoms with E-state index in [1.807, 2.05) is 6.92 Å². The summed E-state index contributed by atoms with van der Waals surface area (Å²) in [6, 6.07) is 3.50. The van der Waals surface area contributed by atoms with E-state index in [9.17, 15) is 9.59 Å². The average Bonchev–Trinajstić information content (AvgIpc) is 2.34. The molecule has 4 N–H and O–H groups in total. The summed E-state index contributed by atoms with van der Waals surface area (Å²) in [6.45, 7) is 2.13. The van der Waals surface area contributed by atoms with Crippen LogP contribution in [0.3, 0.4) is 0 Å². The van der Waals surface area contributed by atoms with Crippen molar-refractivity contribution >= 4 is 17.6 Å². The maximum absolute atomic E-state index is 11.3. The maximum atomic E-state index is 11.3. The predicted molar refractivity (Wildman–Crippen MR) is 70.7 cm³/mol. The number of benzene rings is 1. The SMILES string of the molecule is COC(=O)Cc1cc(N)cc(CNCC(=O)O)c1C. The van der Waals surface area contributed by atoms with Crippen molar-refractivity contribution in [1.29, 1.82) is 0 Å². The van der Waals surface area contributed by atoms with Crippen LogP contribution in [0.15, 0.2) is 12.1 Å². The number of aliphatic carboxylic acids is 1. The third kappa shape index (κ3) is 4.59. The lowest BCUT2D eigenvalue weighted by atomic mass is 9.99. The highest BCUT2D eigenvalue weighted by Crippen LogP contribution is 2.19. The van der Waals surface area contributed by atoms with Gasteiger partial charge in [-0.1, -0.05) is 0 Å². The Kier molecular flexibility index (Phi) is 5.32. The third-order valence-electron chi connectivity index (χ3n) is 2.80. The largest absolute Gasteiger partial charge is 0.480 e. The molecule has 0 amide bonds. The van der Waals surface area contributed by atoms with Gasteiger partial charge in [-0.05, 0) is 35.7 Å². The number of carbonyl (C=O) groups excluding carboxylic acids is 1. The number of rotatable bonds is 6. The molecular weight excluding hydrogens is 248 g/mol. The molecule has 0 atom stereocenters. The summed E-state index contributed by atoms with van der Waals surface area (Å²) in [5, 5.41) is 11.4. The summed E-state index contributed by atoms with van der Waals surface area (Å²) in [6.07, 6.45) is 0.152. The van der Waals surface area contributed by atoms with Gasteiger partial charge in [-0.25, -0.2) is 0 Å². The standard InChI is InChI=1S/C13H18N2O4/c1-8-9(5-13(18)19-2)3-11(14)4-10(8)6-15-7-12(16)17/h3-4,15H,5-7,14H2,1-2H3,(H,16,17). The minimum atomic E-state index is -0.920. The van der Waals surface area contributed by atoms with Crippen LogP contribution in [0.5, 0.6) is 0 Å². The molecule has 104 valence electrons. The fraction of sp³-hybridized carbons (Fsp3) is 0.385. The normalized spacial score (nSPS) is 10.2. The molecule has 0 bridgehead atoms. The van der Waals surface area contributed by atoms with E-state index in [0.717, 1.165) is 16.7 Å². The molecule has 0 aromatic heterocycles. The molecule has 1 rings (SSSR count). The average molecular weight is 266 g/mol. The van der Waals surface area contributed by atoms with E-state index in [1.54, 1.807) is 12.1 Å². The van der Waals surface area contributed by atoms with Gasteiger partial charge in [0.05, 0.1) is 20.1 Å². The summed E-state index contributed by atoms with van der Waals surface area (Å²) < 4.78 is 4.63. The van der Waals surface area contributed by atoms with Crippen molar-refractivity contribution in [2.75, 3.05) is 19.4 Å². The molecule has 1 aromatic rings. The summed E-state index contributed by atoms with van der Waals surface area (Å²) in [7, 11) is 1.33. The molecule has 0 unspecified atom stereocenters. The van der Waals surface area contributed by atoms with Gasteiger partial charge < -0.3 is 20.9 Å². The van der Waals surface area contributed by atoms with Crippen molar-refractivity contribution in [2.45, 2.75) is 19.9 Å². The van der Waals surface area contributed by atoms with Crippen molar-refractivity contribution < 1.29 is 19.4 Å². The van der Waals surface area contributed by atoms with Crippen molar-refractivity contribution in [1.82, 2.24) is 5.32 Å². The van der Waals surface area contributed by atoms with Crippen LogP contribution in [-0.4, -0.2) is 30.7 Å². The zero-order valence-electron chi connectivity index (χ0n) is 11.0. The highest BCUT2D eigenvalue weighted by Gasteiger charge is 2.10. The fourth-order valence-electron chi connectivity index (χ4n) is 1.77. The number of carbonyl (C=O) groups is 2. The number of hydrogen-bond donors (Lipinski definition) is 3. The number of ether oxygens (including phenoxy) is 1. The highest BCUT2D eigenvalue weighted by atomic mass is 16.5. The Morgan fingerprint density at radius 2 is 2.00 bits per heavy atom. The van der Waals surface area contributed by atoms with Gasteiger partial charge in [0.2, 0.25) is 0 Å². The molecule has 0 saturated carbocycles. The number of carboxylic acids is 1. The summed E-state index contributed by atoms with van der Waals surface area (Å²) >= 11 is 0. The van der Waals surface area contributed by atoms with Gasteiger partial charge in [-0.3, -0.25) is 9.59 Å². The Labute approximate surface area is 111 Å². The quantitative estimate of drug-likeness (QED) is 0.511. The van der Waals surface area contributed by atoms with E-state index in [4.69, 9.17) is 10.8 Å². The monoisotopic (exact) mass is 266 g/mol. The number of nitrogen functional groups attached to an aromatic ring is 1. The van der Waals surface area contributed by atoms with Crippen LogP contribution in [0.25, 0.3) is 0 Å². The van der Waals surface area contributed by atoms with Gasteiger partial charge in [0.1, 0.15) is 0 Å². The van der Waals surface area contributed by atoms with E-state index in [0.29, 0.717) is 12.2 Å². The summed E-state index contributed by atoms with van der Waals surface area (Å²) in [5.74, 6) is -1.26. The lowest BCUT2D eigenvalue weighted by Crippen LogP contribution is -2.22. The molecule has 0 aliphatic carbocycles. The highest BCUT2D eigenvalue weighted by molar-refractivity contribution is 5.73. The van der Waals surface area contributed by atoms with E-state index >= 15 is 0 Å². The van der Waals surface area contributed by atoms with Gasteiger partial charge >= 0.3 is 11.9 Å². The smallest absolute Gasteiger partial charge is 0.317 e. The van der Waals surface area contributed by atoms with Crippen LogP contribution >= 0.6 is 0 Å². The molecule has 0 spiro atoms. The summed E-state index contributed by atoms with van der Waals surface area (Å²) in [4.78, 5) is 21.7. The fourth-order valence-corrected chi connectivity index (χ4v) is 1.77. The Morgan fingerprint density at radius 3 is 2.58 bits per heavy atom. The van der Waals surface area contributed by atoms with Crippen LogP contribution in [0.4, 0.5) is 5.69 Å². The van der Waals surface area contributed by atoms with E-state index in [2.05, 4.69) is 10.1 Å². The van der Waals surface area contributed by atoms with Gasteiger partial charge in [0.15, 0.2) is 0 Å². The summed E-state index contributed by atoms with van der Waals surface area (Å²) in [5.41, 5.74) is 8.90. The van der Waals surface area contributed by atoms with E-state index in [1.165, 1.54) is 7.11 Å². The van der Waals surface area contributed by atoms with Gasteiger partial charge in [0, 0.05) is 12.2 Å². The molecule has 6 heteroatoms. The number of nitrogens with two attached hydrogens (primary N) is 1. The number of nitrogens with one attached hydrogen (secondary N) is 1. The van der Waals surface area contributed by atoms with Crippen LogP contribution in [0.2, 0.25) is 0 Å². The molecule has 0 fully saturated rings. The first kappa shape index (κ1) is 15.0. The second kappa shape index (κ2) is 6.75. The number of esters is 1. The van der Waals surface area contributed by atoms with Gasteiger partial charge in [0.25, 0.3) is 0 Å². The molecule has 6 nitrogen and oxygen atoms in total. The Balaban J connectivity index is 2.86. The maximum Gasteiger partial charge on any atom is 0.317 e. The van der Waals surface area contributed by atoms with Gasteiger partial charge in [-0.15, -0.1) is 0 Å². The Bertz CT molecular complexity index is 486. The number of hydrogen-bond acceptors (Lipinski definition) is 5. The molecule has 0 saturated heterocycles. The van der Waals surface area contributed by atoms with Crippen molar-refractivity contribution in [3.05, 3.63) is 28.8 Å². The number of anilines is 1. The lowest BCUT2D eigenvalue weighted by molar-refractivity contribution is -0.140. The molecule has 0 aliphatic rings. The van der Waals surface area contributed by atoms with Gasteiger partial charge in [-0.2, -0.15) is 0 Å². The number of carboxylic acid groups (broad SMARTS) is 1. The van der Waals surface area contributed by atoms with Crippen LogP contribution in [0, 0.1) is 6.92 Å².